The number of halogens is 3. The van der Waals surface area contributed by atoms with Crippen LogP contribution >= 0.6 is 0 Å². The minimum atomic E-state index is -4.45. The number of aryl methyl sites for hydroxylation is 2. The Morgan fingerprint density at radius 1 is 1.38 bits per heavy atom. The van der Waals surface area contributed by atoms with E-state index in [1.807, 2.05) is 20.0 Å². The van der Waals surface area contributed by atoms with Gasteiger partial charge in [0.1, 0.15) is 0 Å². The van der Waals surface area contributed by atoms with E-state index < -0.39 is 17.8 Å². The van der Waals surface area contributed by atoms with Crippen LogP contribution in [0.4, 0.5) is 23.7 Å². The van der Waals surface area contributed by atoms with Crippen molar-refractivity contribution < 1.29 is 18.0 Å². The zero-order valence-corrected chi connectivity index (χ0v) is 13.6. The third-order valence-corrected chi connectivity index (χ3v) is 3.57. The molecule has 1 heterocycles. The van der Waals surface area contributed by atoms with Crippen molar-refractivity contribution in [2.24, 2.45) is 0 Å². The molecule has 2 amide bonds. The Morgan fingerprint density at radius 3 is 2.67 bits per heavy atom. The van der Waals surface area contributed by atoms with Crippen LogP contribution < -0.4 is 10.6 Å². The molecule has 2 N–H and O–H groups in total. The molecular formula is C16H19F3N4O. The maximum atomic E-state index is 12.7. The fourth-order valence-corrected chi connectivity index (χ4v) is 2.34. The van der Waals surface area contributed by atoms with Gasteiger partial charge >= 0.3 is 12.2 Å². The van der Waals surface area contributed by atoms with Crippen molar-refractivity contribution in [1.82, 2.24) is 15.1 Å². The molecule has 0 saturated carbocycles. The lowest BCUT2D eigenvalue weighted by Crippen LogP contribution is -2.31. The van der Waals surface area contributed by atoms with Gasteiger partial charge in [-0.1, -0.05) is 6.07 Å². The number of hydrogen-bond acceptors (Lipinski definition) is 2. The lowest BCUT2D eigenvalue weighted by molar-refractivity contribution is -0.137. The van der Waals surface area contributed by atoms with Gasteiger partial charge in [-0.2, -0.15) is 18.3 Å². The molecule has 1 aromatic heterocycles. The predicted molar refractivity (Wildman–Crippen MR) is 84.7 cm³/mol. The van der Waals surface area contributed by atoms with Crippen LogP contribution in [0.25, 0.3) is 0 Å². The van der Waals surface area contributed by atoms with Gasteiger partial charge in [0, 0.05) is 24.0 Å². The molecule has 5 nitrogen and oxygen atoms in total. The Bertz CT molecular complexity index is 724. The summed E-state index contributed by atoms with van der Waals surface area (Å²) in [5, 5.41) is 9.41. The zero-order chi connectivity index (χ0) is 17.9. The molecule has 0 radical (unpaired) electrons. The number of aromatic nitrogens is 2. The first-order valence-electron chi connectivity index (χ1n) is 7.49. The summed E-state index contributed by atoms with van der Waals surface area (Å²) in [4.78, 5) is 12.0. The molecule has 0 aliphatic rings. The molecule has 0 aliphatic heterocycles. The molecule has 0 aliphatic carbocycles. The normalized spacial score (nSPS) is 12.8. The molecule has 2 aromatic rings. The molecule has 24 heavy (non-hydrogen) atoms. The van der Waals surface area contributed by atoms with Gasteiger partial charge in [-0.05, 0) is 39.0 Å². The van der Waals surface area contributed by atoms with E-state index in [0.29, 0.717) is 6.54 Å². The van der Waals surface area contributed by atoms with Crippen molar-refractivity contribution in [3.63, 3.8) is 0 Å². The molecule has 0 saturated heterocycles. The fourth-order valence-electron chi connectivity index (χ4n) is 2.34. The van der Waals surface area contributed by atoms with E-state index >= 15 is 0 Å². The molecule has 0 spiro atoms. The minimum absolute atomic E-state index is 0.0792. The molecule has 8 heteroatoms. The second-order valence-electron chi connectivity index (χ2n) is 5.42. The topological polar surface area (TPSA) is 59.0 Å². The highest BCUT2D eigenvalue weighted by atomic mass is 19.4. The third-order valence-electron chi connectivity index (χ3n) is 3.57. The number of amides is 2. The van der Waals surface area contributed by atoms with Gasteiger partial charge < -0.3 is 10.6 Å². The van der Waals surface area contributed by atoms with Gasteiger partial charge in [-0.25, -0.2) is 4.79 Å². The summed E-state index contributed by atoms with van der Waals surface area (Å²) < 4.78 is 39.8. The van der Waals surface area contributed by atoms with Gasteiger partial charge in [-0.3, -0.25) is 4.68 Å². The predicted octanol–water partition coefficient (Wildman–Crippen LogP) is 4.11. The smallest absolute Gasteiger partial charge is 0.331 e. The lowest BCUT2D eigenvalue weighted by atomic mass is 10.1. The van der Waals surface area contributed by atoms with Crippen molar-refractivity contribution >= 4 is 11.7 Å². The monoisotopic (exact) mass is 340 g/mol. The van der Waals surface area contributed by atoms with Crippen LogP contribution in [0.2, 0.25) is 0 Å². The van der Waals surface area contributed by atoms with E-state index in [1.54, 1.807) is 11.6 Å². The first-order valence-corrected chi connectivity index (χ1v) is 7.49. The number of carbonyl (C=O) groups excluding carboxylic acids is 1. The number of alkyl halides is 3. The molecule has 0 fully saturated rings. The Morgan fingerprint density at radius 2 is 2.08 bits per heavy atom. The largest absolute Gasteiger partial charge is 0.416 e. The van der Waals surface area contributed by atoms with Crippen molar-refractivity contribution in [3.05, 3.63) is 47.3 Å². The first-order chi connectivity index (χ1) is 11.2. The van der Waals surface area contributed by atoms with Crippen LogP contribution in [0.15, 0.2) is 30.5 Å². The summed E-state index contributed by atoms with van der Waals surface area (Å²) in [5.74, 6) is 0. The SMILES string of the molecule is CCn1cc(C(C)NC(=O)Nc2cccc(C(F)(F)F)c2)c(C)n1. The van der Waals surface area contributed by atoms with Gasteiger partial charge in [0.25, 0.3) is 0 Å². The lowest BCUT2D eigenvalue weighted by Gasteiger charge is -2.15. The molecule has 130 valence electrons. The first kappa shape index (κ1) is 17.8. The van der Waals surface area contributed by atoms with Crippen LogP contribution in [0, 0.1) is 6.92 Å². The molecule has 1 atom stereocenters. The van der Waals surface area contributed by atoms with Crippen molar-refractivity contribution in [2.75, 3.05) is 5.32 Å². The molecule has 1 unspecified atom stereocenters. The van der Waals surface area contributed by atoms with Gasteiger partial charge in [-0.15, -0.1) is 0 Å². The molecular weight excluding hydrogens is 321 g/mol. The summed E-state index contributed by atoms with van der Waals surface area (Å²) in [7, 11) is 0. The van der Waals surface area contributed by atoms with Crippen molar-refractivity contribution in [2.45, 2.75) is 39.5 Å². The highest BCUT2D eigenvalue weighted by Crippen LogP contribution is 2.30. The van der Waals surface area contributed by atoms with E-state index in [9.17, 15) is 18.0 Å². The Kier molecular flexibility index (Phi) is 5.16. The number of benzene rings is 1. The van der Waals surface area contributed by atoms with Crippen LogP contribution in [0.3, 0.4) is 0 Å². The van der Waals surface area contributed by atoms with E-state index in [0.717, 1.165) is 23.4 Å². The Balaban J connectivity index is 2.04. The molecule has 1 aromatic carbocycles. The molecule has 2 rings (SSSR count). The minimum Gasteiger partial charge on any atom is -0.331 e. The van der Waals surface area contributed by atoms with Gasteiger partial charge in [0.05, 0.1) is 17.3 Å². The summed E-state index contributed by atoms with van der Waals surface area (Å²) in [5.41, 5.74) is 0.920. The average molecular weight is 340 g/mol. The fraction of sp³-hybridized carbons (Fsp3) is 0.375. The van der Waals surface area contributed by atoms with Crippen molar-refractivity contribution in [3.8, 4) is 0 Å². The van der Waals surface area contributed by atoms with Crippen LogP contribution in [0.5, 0.6) is 0 Å². The number of nitrogens with zero attached hydrogens (tertiary/aromatic N) is 2. The number of carbonyl (C=O) groups is 1. The van der Waals surface area contributed by atoms with Crippen molar-refractivity contribution in [1.29, 1.82) is 0 Å². The summed E-state index contributed by atoms with van der Waals surface area (Å²) in [6, 6.07) is 3.59. The number of rotatable bonds is 4. The highest BCUT2D eigenvalue weighted by molar-refractivity contribution is 5.89. The second-order valence-corrected chi connectivity index (χ2v) is 5.42. The quantitative estimate of drug-likeness (QED) is 0.880. The maximum absolute atomic E-state index is 12.7. The zero-order valence-electron chi connectivity index (χ0n) is 13.6. The second kappa shape index (κ2) is 6.94. The summed E-state index contributed by atoms with van der Waals surface area (Å²) in [6.45, 7) is 6.29. The summed E-state index contributed by atoms with van der Waals surface area (Å²) >= 11 is 0. The Labute approximate surface area is 137 Å². The van der Waals surface area contributed by atoms with Crippen LogP contribution in [-0.2, 0) is 12.7 Å². The van der Waals surface area contributed by atoms with Crippen LogP contribution in [0.1, 0.15) is 36.7 Å². The van der Waals surface area contributed by atoms with Gasteiger partial charge in [0.2, 0.25) is 0 Å². The molecule has 0 bridgehead atoms. The third kappa shape index (κ3) is 4.27. The van der Waals surface area contributed by atoms with E-state index in [2.05, 4.69) is 15.7 Å². The van der Waals surface area contributed by atoms with E-state index in [4.69, 9.17) is 0 Å². The number of hydrogen-bond donors (Lipinski definition) is 2. The van der Waals surface area contributed by atoms with Gasteiger partial charge in [0.15, 0.2) is 0 Å². The number of urea groups is 1. The number of anilines is 1. The number of nitrogens with one attached hydrogen (secondary N) is 2. The Hall–Kier alpha value is -2.51. The van der Waals surface area contributed by atoms with E-state index in [1.165, 1.54) is 12.1 Å². The summed E-state index contributed by atoms with van der Waals surface area (Å²) in [6.07, 6.45) is -2.61. The van der Waals surface area contributed by atoms with Crippen LogP contribution in [-0.4, -0.2) is 15.8 Å². The highest BCUT2D eigenvalue weighted by Gasteiger charge is 2.30. The average Bonchev–Trinajstić information content (AvgIpc) is 2.87. The maximum Gasteiger partial charge on any atom is 0.416 e. The van der Waals surface area contributed by atoms with E-state index in [-0.39, 0.29) is 11.7 Å². The standard InChI is InChI=1S/C16H19F3N4O/c1-4-23-9-14(11(3)22-23)10(2)20-15(24)21-13-7-5-6-12(8-13)16(17,18)19/h5-10H,4H2,1-3H3,(H2,20,21,24).